The highest BCUT2D eigenvalue weighted by molar-refractivity contribution is 8.16. The molecule has 2 atom stereocenters. The number of methoxy groups -OCH3 is 1. The maximum atomic E-state index is 12.7. The van der Waals surface area contributed by atoms with Crippen LogP contribution in [0.3, 0.4) is 0 Å². The van der Waals surface area contributed by atoms with Crippen molar-refractivity contribution in [1.82, 2.24) is 0 Å². The van der Waals surface area contributed by atoms with Crippen molar-refractivity contribution in [2.75, 3.05) is 23.5 Å². The van der Waals surface area contributed by atoms with Crippen molar-refractivity contribution in [3.8, 4) is 5.75 Å². The highest BCUT2D eigenvalue weighted by Gasteiger charge is 2.49. The zero-order valence-corrected chi connectivity index (χ0v) is 17.9. The Hall–Kier alpha value is -2.32. The van der Waals surface area contributed by atoms with Gasteiger partial charge in [0.15, 0.2) is 15.0 Å². The minimum atomic E-state index is -3.08. The monoisotopic (exact) mass is 430 g/mol. The summed E-state index contributed by atoms with van der Waals surface area (Å²) in [6, 6.07) is 14.9. The zero-order chi connectivity index (χ0) is 20.6. The van der Waals surface area contributed by atoms with Crippen LogP contribution in [0.5, 0.6) is 5.75 Å². The van der Waals surface area contributed by atoms with Crippen LogP contribution in [0.2, 0.25) is 0 Å². The third-order valence-corrected chi connectivity index (χ3v) is 8.39. The average molecular weight is 431 g/mol. The fourth-order valence-electron chi connectivity index (χ4n) is 3.74. The predicted octanol–water partition coefficient (Wildman–Crippen LogP) is 2.85. The fourth-order valence-corrected chi connectivity index (χ4v) is 7.67. The number of nitrogens with zero attached hydrogens (tertiary/aromatic N) is 2. The van der Waals surface area contributed by atoms with Crippen molar-refractivity contribution in [1.29, 1.82) is 0 Å². The lowest BCUT2D eigenvalue weighted by atomic mass is 10.1. The van der Waals surface area contributed by atoms with E-state index in [0.717, 1.165) is 22.6 Å². The SMILES string of the molecule is COc1ccc(CC(=O)N=C2S[C@H]3CS(=O)(=O)C[C@H]3N2c2ccccc2C)cc1. The Morgan fingerprint density at radius 2 is 1.90 bits per heavy atom. The summed E-state index contributed by atoms with van der Waals surface area (Å²) in [5.74, 6) is 0.693. The molecule has 152 valence electrons. The first-order valence-corrected chi connectivity index (χ1v) is 12.0. The standard InChI is InChI=1S/C21H22N2O4S2/c1-14-5-3-4-6-17(14)23-18-12-29(25,26)13-19(18)28-21(23)22-20(24)11-15-7-9-16(27-2)10-8-15/h3-10,18-19H,11-13H2,1-2H3/t18-,19+/m1/s1. The molecule has 0 aromatic heterocycles. The van der Waals surface area contributed by atoms with Gasteiger partial charge in [0, 0.05) is 10.9 Å². The fraction of sp³-hybridized carbons (Fsp3) is 0.333. The smallest absolute Gasteiger partial charge is 0.252 e. The van der Waals surface area contributed by atoms with E-state index in [-0.39, 0.29) is 35.1 Å². The Bertz CT molecular complexity index is 1060. The van der Waals surface area contributed by atoms with Crippen molar-refractivity contribution in [3.63, 3.8) is 0 Å². The minimum absolute atomic E-state index is 0.0880. The number of sulfone groups is 1. The Labute approximate surface area is 174 Å². The highest BCUT2D eigenvalue weighted by atomic mass is 32.2. The number of amides is 1. The van der Waals surface area contributed by atoms with Crippen molar-refractivity contribution in [2.24, 2.45) is 4.99 Å². The number of benzene rings is 2. The molecule has 2 aliphatic heterocycles. The van der Waals surface area contributed by atoms with Crippen LogP contribution in [-0.4, -0.2) is 49.4 Å². The largest absolute Gasteiger partial charge is 0.497 e. The number of fused-ring (bicyclic) bond motifs is 1. The van der Waals surface area contributed by atoms with E-state index >= 15 is 0 Å². The van der Waals surface area contributed by atoms with Crippen LogP contribution < -0.4 is 9.64 Å². The minimum Gasteiger partial charge on any atom is -0.497 e. The second-order valence-corrected chi connectivity index (χ2v) is 10.6. The lowest BCUT2D eigenvalue weighted by molar-refractivity contribution is -0.117. The van der Waals surface area contributed by atoms with Crippen molar-refractivity contribution in [3.05, 3.63) is 59.7 Å². The van der Waals surface area contributed by atoms with Crippen LogP contribution >= 0.6 is 11.8 Å². The number of ether oxygens (including phenoxy) is 1. The van der Waals surface area contributed by atoms with E-state index in [9.17, 15) is 13.2 Å². The van der Waals surface area contributed by atoms with Crippen LogP contribution in [-0.2, 0) is 21.1 Å². The van der Waals surface area contributed by atoms with E-state index in [1.54, 1.807) is 7.11 Å². The maximum absolute atomic E-state index is 12.7. The third-order valence-electron chi connectivity index (χ3n) is 5.18. The number of thioether (sulfide) groups is 1. The number of carbonyl (C=O) groups excluding carboxylic acids is 1. The van der Waals surface area contributed by atoms with Gasteiger partial charge in [0.25, 0.3) is 5.91 Å². The lowest BCUT2D eigenvalue weighted by Crippen LogP contribution is -2.38. The summed E-state index contributed by atoms with van der Waals surface area (Å²) in [5, 5.41) is 0.481. The molecule has 2 saturated heterocycles. The molecule has 0 N–H and O–H groups in total. The van der Waals surface area contributed by atoms with Gasteiger partial charge in [-0.3, -0.25) is 4.79 Å². The van der Waals surface area contributed by atoms with Gasteiger partial charge in [0.2, 0.25) is 0 Å². The second-order valence-electron chi connectivity index (χ2n) is 7.27. The highest BCUT2D eigenvalue weighted by Crippen LogP contribution is 2.41. The lowest BCUT2D eigenvalue weighted by Gasteiger charge is -2.26. The van der Waals surface area contributed by atoms with Gasteiger partial charge in [0.1, 0.15) is 5.75 Å². The normalized spacial score (nSPS) is 23.9. The number of aryl methyl sites for hydroxylation is 1. The first kappa shape index (κ1) is 20.0. The molecule has 29 heavy (non-hydrogen) atoms. The molecule has 0 radical (unpaired) electrons. The number of aliphatic imine (C=N–C) groups is 1. The summed E-state index contributed by atoms with van der Waals surface area (Å²) < 4.78 is 29.5. The Kier molecular flexibility index (Phi) is 5.40. The predicted molar refractivity (Wildman–Crippen MR) is 117 cm³/mol. The number of carbonyl (C=O) groups is 1. The maximum Gasteiger partial charge on any atom is 0.252 e. The van der Waals surface area contributed by atoms with Crippen LogP contribution in [0, 0.1) is 6.92 Å². The van der Waals surface area contributed by atoms with E-state index in [0.29, 0.717) is 5.17 Å². The molecule has 2 fully saturated rings. The molecule has 0 bridgehead atoms. The zero-order valence-electron chi connectivity index (χ0n) is 16.2. The molecule has 0 unspecified atom stereocenters. The summed E-state index contributed by atoms with van der Waals surface area (Å²) in [6.07, 6.45) is 0.184. The summed E-state index contributed by atoms with van der Waals surface area (Å²) >= 11 is 1.40. The van der Waals surface area contributed by atoms with Gasteiger partial charge in [-0.2, -0.15) is 4.99 Å². The van der Waals surface area contributed by atoms with Crippen molar-refractivity contribution >= 4 is 38.4 Å². The van der Waals surface area contributed by atoms with Crippen molar-refractivity contribution < 1.29 is 17.9 Å². The van der Waals surface area contributed by atoms with E-state index in [2.05, 4.69) is 4.99 Å². The molecule has 2 heterocycles. The van der Waals surface area contributed by atoms with Gasteiger partial charge in [-0.05, 0) is 36.2 Å². The molecular formula is C21H22N2O4S2. The molecular weight excluding hydrogens is 408 g/mol. The van der Waals surface area contributed by atoms with Gasteiger partial charge in [-0.1, -0.05) is 42.1 Å². The summed E-state index contributed by atoms with van der Waals surface area (Å²) in [6.45, 7) is 1.98. The molecule has 8 heteroatoms. The molecule has 4 rings (SSSR count). The first-order chi connectivity index (χ1) is 13.9. The van der Waals surface area contributed by atoms with E-state index in [4.69, 9.17) is 4.74 Å². The summed E-state index contributed by atoms with van der Waals surface area (Å²) in [5.41, 5.74) is 2.78. The molecule has 0 aliphatic carbocycles. The second kappa shape index (κ2) is 7.84. The quantitative estimate of drug-likeness (QED) is 0.743. The number of amidine groups is 1. The van der Waals surface area contributed by atoms with Gasteiger partial charge >= 0.3 is 0 Å². The molecule has 2 aromatic rings. The molecule has 6 nitrogen and oxygen atoms in total. The molecule has 0 spiro atoms. The Morgan fingerprint density at radius 3 is 2.59 bits per heavy atom. The van der Waals surface area contributed by atoms with Crippen LogP contribution in [0.1, 0.15) is 11.1 Å². The summed E-state index contributed by atoms with van der Waals surface area (Å²) in [7, 11) is -1.48. The molecule has 1 amide bonds. The van der Waals surface area contributed by atoms with Gasteiger partial charge in [-0.15, -0.1) is 0 Å². The van der Waals surface area contributed by atoms with Gasteiger partial charge in [-0.25, -0.2) is 8.42 Å². The van der Waals surface area contributed by atoms with Crippen LogP contribution in [0.25, 0.3) is 0 Å². The molecule has 2 aromatic carbocycles. The van der Waals surface area contributed by atoms with Gasteiger partial charge < -0.3 is 9.64 Å². The topological polar surface area (TPSA) is 76.0 Å². The average Bonchev–Trinajstić information content (AvgIpc) is 3.13. The number of para-hydroxylation sites is 1. The van der Waals surface area contributed by atoms with Gasteiger partial charge in [0.05, 0.1) is 31.1 Å². The van der Waals surface area contributed by atoms with E-state index < -0.39 is 9.84 Å². The Balaban J connectivity index is 1.62. The Morgan fingerprint density at radius 1 is 1.17 bits per heavy atom. The first-order valence-electron chi connectivity index (χ1n) is 9.33. The van der Waals surface area contributed by atoms with E-state index in [1.807, 2.05) is 60.4 Å². The summed E-state index contributed by atoms with van der Waals surface area (Å²) in [4.78, 5) is 19.0. The number of hydrogen-bond acceptors (Lipinski definition) is 5. The van der Waals surface area contributed by atoms with Crippen LogP contribution in [0.4, 0.5) is 5.69 Å². The molecule has 2 aliphatic rings. The van der Waals surface area contributed by atoms with Crippen molar-refractivity contribution in [2.45, 2.75) is 24.6 Å². The van der Waals surface area contributed by atoms with Crippen LogP contribution in [0.15, 0.2) is 53.5 Å². The number of rotatable bonds is 4. The molecule has 0 saturated carbocycles. The third kappa shape index (κ3) is 4.18. The van der Waals surface area contributed by atoms with E-state index in [1.165, 1.54) is 11.8 Å². The number of anilines is 1. The number of hydrogen-bond donors (Lipinski definition) is 0.